The minimum absolute atomic E-state index is 0.111. The van der Waals surface area contributed by atoms with Crippen LogP contribution in [0.1, 0.15) is 42.9 Å². The van der Waals surface area contributed by atoms with Crippen molar-refractivity contribution in [1.82, 2.24) is 15.1 Å². The summed E-state index contributed by atoms with van der Waals surface area (Å²) in [5.74, 6) is -0.262. The summed E-state index contributed by atoms with van der Waals surface area (Å²) in [5, 5.41) is 9.95. The van der Waals surface area contributed by atoms with Crippen LogP contribution in [0.5, 0.6) is 0 Å². The summed E-state index contributed by atoms with van der Waals surface area (Å²) in [6.07, 6.45) is 2.61. The number of carbonyl (C=O) groups is 2. The Hall–Kier alpha value is -2.83. The molecule has 0 fully saturated rings. The molecule has 2 heterocycles. The van der Waals surface area contributed by atoms with Gasteiger partial charge in [0, 0.05) is 31.0 Å². The van der Waals surface area contributed by atoms with Crippen molar-refractivity contribution in [3.05, 3.63) is 41.7 Å². The van der Waals surface area contributed by atoms with Crippen LogP contribution in [0, 0.1) is 0 Å². The number of carbonyl (C=O) groups excluding carboxylic acids is 2. The molecule has 1 aromatic carbocycles. The zero-order chi connectivity index (χ0) is 18.0. The number of benzene rings is 1. The molecule has 7 nitrogen and oxygen atoms in total. The van der Waals surface area contributed by atoms with E-state index in [4.69, 9.17) is 0 Å². The van der Waals surface area contributed by atoms with Gasteiger partial charge < -0.3 is 10.6 Å². The van der Waals surface area contributed by atoms with Crippen LogP contribution in [-0.2, 0) is 6.42 Å². The van der Waals surface area contributed by atoms with E-state index in [1.165, 1.54) is 0 Å². The Morgan fingerprint density at radius 1 is 1.28 bits per heavy atom. The molecule has 0 unspecified atom stereocenters. The van der Waals surface area contributed by atoms with Crippen molar-refractivity contribution in [2.45, 2.75) is 33.2 Å². The number of fused-ring (bicyclic) bond motifs is 1. The lowest BCUT2D eigenvalue weighted by atomic mass is 10.1. The lowest BCUT2D eigenvalue weighted by Crippen LogP contribution is -2.38. The molecule has 132 valence electrons. The number of amides is 3. The molecule has 3 amide bonds. The fraction of sp³-hybridized carbons (Fsp3) is 0.389. The molecule has 0 bridgehead atoms. The number of urea groups is 1. The predicted molar refractivity (Wildman–Crippen MR) is 97.1 cm³/mol. The normalized spacial score (nSPS) is 13.0. The van der Waals surface area contributed by atoms with E-state index in [0.29, 0.717) is 24.5 Å². The Bertz CT molecular complexity index is 797. The highest BCUT2D eigenvalue weighted by atomic mass is 16.2. The molecule has 0 spiro atoms. The second-order valence-corrected chi connectivity index (χ2v) is 6.31. The molecule has 0 radical (unpaired) electrons. The summed E-state index contributed by atoms with van der Waals surface area (Å²) < 4.78 is 1.74. The molecule has 1 aliphatic heterocycles. The third-order valence-electron chi connectivity index (χ3n) is 4.18. The molecule has 25 heavy (non-hydrogen) atoms. The monoisotopic (exact) mass is 341 g/mol. The minimum atomic E-state index is -0.262. The summed E-state index contributed by atoms with van der Waals surface area (Å²) in [6, 6.07) is 7.44. The fourth-order valence-corrected chi connectivity index (χ4v) is 2.86. The van der Waals surface area contributed by atoms with Crippen LogP contribution in [0.2, 0.25) is 0 Å². The zero-order valence-electron chi connectivity index (χ0n) is 14.7. The molecular formula is C18H23N5O2. The number of nitrogens with zero attached hydrogens (tertiary/aromatic N) is 3. The smallest absolute Gasteiger partial charge is 0.321 e. The topological polar surface area (TPSA) is 79.3 Å². The predicted octanol–water partition coefficient (Wildman–Crippen LogP) is 2.81. The second kappa shape index (κ2) is 6.96. The first-order chi connectivity index (χ1) is 12.0. The van der Waals surface area contributed by atoms with E-state index in [-0.39, 0.29) is 18.0 Å². The number of hydrogen-bond acceptors (Lipinski definition) is 3. The van der Waals surface area contributed by atoms with Gasteiger partial charge in [-0.2, -0.15) is 5.10 Å². The van der Waals surface area contributed by atoms with Crippen molar-refractivity contribution in [1.29, 1.82) is 0 Å². The quantitative estimate of drug-likeness (QED) is 0.897. The van der Waals surface area contributed by atoms with Crippen molar-refractivity contribution in [3.63, 3.8) is 0 Å². The van der Waals surface area contributed by atoms with Crippen LogP contribution in [0.25, 0.3) is 0 Å². The van der Waals surface area contributed by atoms with Gasteiger partial charge in [0.2, 0.25) is 0 Å². The van der Waals surface area contributed by atoms with Crippen molar-refractivity contribution in [2.75, 3.05) is 23.3 Å². The molecule has 1 aliphatic rings. The molecular weight excluding hydrogens is 318 g/mol. The summed E-state index contributed by atoms with van der Waals surface area (Å²) in [6.45, 7) is 7.13. The second-order valence-electron chi connectivity index (χ2n) is 6.31. The number of anilines is 2. The van der Waals surface area contributed by atoms with Gasteiger partial charge >= 0.3 is 6.03 Å². The minimum Gasteiger partial charge on any atom is -0.338 e. The van der Waals surface area contributed by atoms with Gasteiger partial charge in [0.15, 0.2) is 5.69 Å². The van der Waals surface area contributed by atoms with Crippen LogP contribution in [0.3, 0.4) is 0 Å². The molecule has 0 aliphatic carbocycles. The van der Waals surface area contributed by atoms with E-state index in [9.17, 15) is 9.59 Å². The Labute approximate surface area is 147 Å². The number of aromatic nitrogens is 2. The van der Waals surface area contributed by atoms with E-state index < -0.39 is 0 Å². The summed E-state index contributed by atoms with van der Waals surface area (Å²) in [5.41, 5.74) is 2.97. The van der Waals surface area contributed by atoms with Gasteiger partial charge in [0.25, 0.3) is 5.91 Å². The Morgan fingerprint density at radius 2 is 2.08 bits per heavy atom. The first kappa shape index (κ1) is 17.0. The lowest BCUT2D eigenvalue weighted by molar-refractivity contribution is 0.102. The van der Waals surface area contributed by atoms with Gasteiger partial charge in [-0.25, -0.2) is 4.79 Å². The highest BCUT2D eigenvalue weighted by Crippen LogP contribution is 2.31. The average molecular weight is 341 g/mol. The molecule has 0 atom stereocenters. The van der Waals surface area contributed by atoms with E-state index in [1.54, 1.807) is 21.8 Å². The van der Waals surface area contributed by atoms with Crippen molar-refractivity contribution >= 4 is 23.3 Å². The van der Waals surface area contributed by atoms with E-state index in [0.717, 1.165) is 17.7 Å². The van der Waals surface area contributed by atoms with Gasteiger partial charge in [-0.05, 0) is 51.0 Å². The summed E-state index contributed by atoms with van der Waals surface area (Å²) >= 11 is 0. The first-order valence-electron chi connectivity index (χ1n) is 8.54. The van der Waals surface area contributed by atoms with E-state index >= 15 is 0 Å². The standard InChI is InChI=1S/C18H23N5O2/c1-4-19-18(25)22-9-7-13-5-6-14(11-16(13)22)20-17(24)15-8-10-23(21-15)12(2)3/h5-6,8,10-12H,4,7,9H2,1-3H3,(H,19,25)(H,20,24). The van der Waals surface area contributed by atoms with Gasteiger partial charge in [-0.1, -0.05) is 6.07 Å². The van der Waals surface area contributed by atoms with E-state index in [2.05, 4.69) is 15.7 Å². The number of rotatable bonds is 4. The Morgan fingerprint density at radius 3 is 2.76 bits per heavy atom. The maximum atomic E-state index is 12.4. The molecule has 2 aromatic rings. The fourth-order valence-electron chi connectivity index (χ4n) is 2.86. The summed E-state index contributed by atoms with van der Waals surface area (Å²) in [4.78, 5) is 26.2. The Kier molecular flexibility index (Phi) is 4.74. The molecule has 3 rings (SSSR count). The van der Waals surface area contributed by atoms with Gasteiger partial charge in [0.1, 0.15) is 0 Å². The molecule has 0 saturated heterocycles. The van der Waals surface area contributed by atoms with Gasteiger partial charge in [-0.15, -0.1) is 0 Å². The highest BCUT2D eigenvalue weighted by Gasteiger charge is 2.24. The van der Waals surface area contributed by atoms with Crippen molar-refractivity contribution in [3.8, 4) is 0 Å². The number of hydrogen-bond donors (Lipinski definition) is 2. The van der Waals surface area contributed by atoms with Crippen molar-refractivity contribution in [2.24, 2.45) is 0 Å². The maximum Gasteiger partial charge on any atom is 0.321 e. The average Bonchev–Trinajstić information content (AvgIpc) is 3.22. The Balaban J connectivity index is 1.76. The SMILES string of the molecule is CCNC(=O)N1CCc2ccc(NC(=O)c3ccn(C(C)C)n3)cc21. The van der Waals surface area contributed by atoms with Crippen molar-refractivity contribution < 1.29 is 9.59 Å². The van der Waals surface area contributed by atoms with Gasteiger partial charge in [-0.3, -0.25) is 14.4 Å². The van der Waals surface area contributed by atoms with E-state index in [1.807, 2.05) is 39.0 Å². The molecule has 2 N–H and O–H groups in total. The van der Waals surface area contributed by atoms with Crippen LogP contribution in [0.4, 0.5) is 16.2 Å². The highest BCUT2D eigenvalue weighted by molar-refractivity contribution is 6.03. The number of nitrogens with one attached hydrogen (secondary N) is 2. The molecule has 7 heteroatoms. The lowest BCUT2D eigenvalue weighted by Gasteiger charge is -2.18. The third-order valence-corrected chi connectivity index (χ3v) is 4.18. The van der Waals surface area contributed by atoms with Gasteiger partial charge in [0.05, 0.1) is 5.69 Å². The van der Waals surface area contributed by atoms with Crippen LogP contribution >= 0.6 is 0 Å². The first-order valence-corrected chi connectivity index (χ1v) is 8.54. The molecule has 0 saturated carbocycles. The van der Waals surface area contributed by atoms with Crippen LogP contribution < -0.4 is 15.5 Å². The maximum absolute atomic E-state index is 12.4. The van der Waals surface area contributed by atoms with Crippen LogP contribution in [-0.4, -0.2) is 34.8 Å². The molecule has 1 aromatic heterocycles. The zero-order valence-corrected chi connectivity index (χ0v) is 14.7. The largest absolute Gasteiger partial charge is 0.338 e. The van der Waals surface area contributed by atoms with Crippen LogP contribution in [0.15, 0.2) is 30.5 Å². The third kappa shape index (κ3) is 3.50. The summed E-state index contributed by atoms with van der Waals surface area (Å²) in [7, 11) is 0.